The van der Waals surface area contributed by atoms with Gasteiger partial charge in [-0.25, -0.2) is 8.42 Å². The Morgan fingerprint density at radius 1 is 0.840 bits per heavy atom. The summed E-state index contributed by atoms with van der Waals surface area (Å²) in [5.41, 5.74) is 7.19. The zero-order valence-electron chi connectivity index (χ0n) is 14.9. The van der Waals surface area contributed by atoms with Crippen LogP contribution in [0.2, 0.25) is 0 Å². The lowest BCUT2D eigenvalue weighted by atomic mass is 9.96. The molecule has 1 spiro atoms. The van der Waals surface area contributed by atoms with Crippen LogP contribution in [-0.2, 0) is 16.3 Å². The first-order valence-corrected chi connectivity index (χ1v) is 10.9. The highest BCUT2D eigenvalue weighted by Gasteiger charge is 2.48. The molecular formula is C22H24O2S. The number of rotatable bonds is 4. The van der Waals surface area contributed by atoms with E-state index in [1.165, 1.54) is 46.9 Å². The molecule has 0 aromatic heterocycles. The molecule has 0 aliphatic heterocycles. The molecule has 0 saturated heterocycles. The van der Waals surface area contributed by atoms with E-state index < -0.39 is 9.84 Å². The molecule has 0 radical (unpaired) electrons. The Morgan fingerprint density at radius 3 is 1.72 bits per heavy atom. The Morgan fingerprint density at radius 2 is 1.32 bits per heavy atom. The van der Waals surface area contributed by atoms with E-state index in [9.17, 15) is 8.42 Å². The van der Waals surface area contributed by atoms with Crippen molar-refractivity contribution in [2.75, 3.05) is 6.26 Å². The normalized spacial score (nSPS) is 18.8. The molecule has 2 nitrogen and oxygen atoms in total. The fraction of sp³-hybridized carbons (Fsp3) is 0.364. The molecule has 1 fully saturated rings. The van der Waals surface area contributed by atoms with Crippen molar-refractivity contribution in [1.82, 2.24) is 0 Å². The molecule has 2 aromatic carbocycles. The number of sulfone groups is 1. The summed E-state index contributed by atoms with van der Waals surface area (Å²) in [5, 5.41) is 0. The summed E-state index contributed by atoms with van der Waals surface area (Å²) < 4.78 is 23.4. The van der Waals surface area contributed by atoms with Gasteiger partial charge in [-0.1, -0.05) is 43.3 Å². The fourth-order valence-corrected chi connectivity index (χ4v) is 4.58. The van der Waals surface area contributed by atoms with Crippen LogP contribution in [0.15, 0.2) is 53.4 Å². The first-order chi connectivity index (χ1) is 11.9. The minimum absolute atomic E-state index is 0.393. The standard InChI is InChI=1S/C22H24O2S/c1-3-16-4-6-17(7-5-16)20-14-22(12-13-22)15-21(20)18-8-10-19(11-9-18)25(2,23)24/h4-11H,3,12-15H2,1-2H3. The van der Waals surface area contributed by atoms with Crippen LogP contribution < -0.4 is 0 Å². The maximum absolute atomic E-state index is 11.7. The van der Waals surface area contributed by atoms with Gasteiger partial charge in [-0.3, -0.25) is 0 Å². The molecule has 0 bridgehead atoms. The SMILES string of the molecule is CCc1ccc(C2=C(c3ccc(S(C)(=O)=O)cc3)CC3(CC3)C2)cc1. The van der Waals surface area contributed by atoms with Crippen LogP contribution in [-0.4, -0.2) is 14.7 Å². The molecular weight excluding hydrogens is 328 g/mol. The van der Waals surface area contributed by atoms with E-state index in [2.05, 4.69) is 31.2 Å². The molecule has 0 amide bonds. The minimum atomic E-state index is -3.14. The molecule has 0 heterocycles. The summed E-state index contributed by atoms with van der Waals surface area (Å²) in [5.74, 6) is 0. The first kappa shape index (κ1) is 16.6. The van der Waals surface area contributed by atoms with Gasteiger partial charge in [-0.2, -0.15) is 0 Å². The van der Waals surface area contributed by atoms with Gasteiger partial charge in [0.15, 0.2) is 9.84 Å². The lowest BCUT2D eigenvalue weighted by Crippen LogP contribution is -1.97. The third-order valence-electron chi connectivity index (χ3n) is 5.77. The van der Waals surface area contributed by atoms with E-state index in [1.54, 1.807) is 12.1 Å². The monoisotopic (exact) mass is 352 g/mol. The van der Waals surface area contributed by atoms with Gasteiger partial charge in [0, 0.05) is 6.26 Å². The summed E-state index contributed by atoms with van der Waals surface area (Å²) in [6, 6.07) is 16.4. The Balaban J connectivity index is 1.75. The van der Waals surface area contributed by atoms with Gasteiger partial charge < -0.3 is 0 Å². The van der Waals surface area contributed by atoms with Crippen molar-refractivity contribution in [3.63, 3.8) is 0 Å². The van der Waals surface area contributed by atoms with Crippen molar-refractivity contribution in [2.45, 2.75) is 43.9 Å². The minimum Gasteiger partial charge on any atom is -0.224 e. The van der Waals surface area contributed by atoms with Crippen LogP contribution in [0.5, 0.6) is 0 Å². The maximum Gasteiger partial charge on any atom is 0.175 e. The second kappa shape index (κ2) is 5.84. The Bertz CT molecular complexity index is 929. The van der Waals surface area contributed by atoms with Gasteiger partial charge in [0.05, 0.1) is 4.90 Å². The van der Waals surface area contributed by atoms with Crippen LogP contribution in [0.1, 0.15) is 49.3 Å². The van der Waals surface area contributed by atoms with Crippen molar-refractivity contribution in [3.8, 4) is 0 Å². The van der Waals surface area contributed by atoms with Crippen LogP contribution >= 0.6 is 0 Å². The summed E-state index contributed by atoms with van der Waals surface area (Å²) in [6.07, 6.45) is 7.22. The van der Waals surface area contributed by atoms with E-state index in [1.807, 2.05) is 12.1 Å². The van der Waals surface area contributed by atoms with Crippen LogP contribution in [0.3, 0.4) is 0 Å². The molecule has 1 saturated carbocycles. The second-order valence-corrected chi connectivity index (χ2v) is 9.67. The maximum atomic E-state index is 11.7. The highest BCUT2D eigenvalue weighted by molar-refractivity contribution is 7.90. The highest BCUT2D eigenvalue weighted by Crippen LogP contribution is 2.63. The molecule has 130 valence electrons. The molecule has 2 aromatic rings. The number of aryl methyl sites for hydroxylation is 1. The lowest BCUT2D eigenvalue weighted by Gasteiger charge is -2.10. The average Bonchev–Trinajstić information content (AvgIpc) is 3.25. The third-order valence-corrected chi connectivity index (χ3v) is 6.89. The average molecular weight is 352 g/mol. The van der Waals surface area contributed by atoms with Crippen molar-refractivity contribution in [3.05, 3.63) is 65.2 Å². The molecule has 3 heteroatoms. The molecule has 0 atom stereocenters. The van der Waals surface area contributed by atoms with Gasteiger partial charge in [0.1, 0.15) is 0 Å². The Labute approximate surface area is 150 Å². The predicted molar refractivity (Wildman–Crippen MR) is 103 cm³/mol. The number of allylic oxidation sites excluding steroid dienone is 2. The van der Waals surface area contributed by atoms with Crippen molar-refractivity contribution in [1.29, 1.82) is 0 Å². The smallest absolute Gasteiger partial charge is 0.175 e. The second-order valence-electron chi connectivity index (χ2n) is 7.66. The third kappa shape index (κ3) is 3.18. The topological polar surface area (TPSA) is 34.1 Å². The zero-order chi connectivity index (χ0) is 17.7. The molecule has 4 rings (SSSR count). The fourth-order valence-electron chi connectivity index (χ4n) is 3.95. The van der Waals surface area contributed by atoms with E-state index in [0.717, 1.165) is 19.3 Å². The predicted octanol–water partition coefficient (Wildman–Crippen LogP) is 5.14. The largest absolute Gasteiger partial charge is 0.224 e. The highest BCUT2D eigenvalue weighted by atomic mass is 32.2. The van der Waals surface area contributed by atoms with Crippen molar-refractivity contribution in [2.24, 2.45) is 5.41 Å². The van der Waals surface area contributed by atoms with Gasteiger partial charge in [0.2, 0.25) is 0 Å². The van der Waals surface area contributed by atoms with Crippen molar-refractivity contribution < 1.29 is 8.42 Å². The summed E-state index contributed by atoms with van der Waals surface area (Å²) in [6.45, 7) is 2.18. The molecule has 2 aliphatic carbocycles. The summed E-state index contributed by atoms with van der Waals surface area (Å²) >= 11 is 0. The first-order valence-electron chi connectivity index (χ1n) is 9.02. The van der Waals surface area contributed by atoms with Crippen LogP contribution in [0.4, 0.5) is 0 Å². The molecule has 2 aliphatic rings. The zero-order valence-corrected chi connectivity index (χ0v) is 15.7. The molecule has 25 heavy (non-hydrogen) atoms. The number of hydrogen-bond acceptors (Lipinski definition) is 2. The summed E-state index contributed by atoms with van der Waals surface area (Å²) in [7, 11) is -3.14. The van der Waals surface area contributed by atoms with Gasteiger partial charge in [-0.05, 0) is 77.5 Å². The quantitative estimate of drug-likeness (QED) is 0.764. The molecule has 0 N–H and O–H groups in total. The molecule has 0 unspecified atom stereocenters. The van der Waals surface area contributed by atoms with E-state index in [-0.39, 0.29) is 0 Å². The van der Waals surface area contributed by atoms with Crippen LogP contribution in [0.25, 0.3) is 11.1 Å². The number of hydrogen-bond donors (Lipinski definition) is 0. The van der Waals surface area contributed by atoms with Crippen LogP contribution in [0, 0.1) is 5.41 Å². The van der Waals surface area contributed by atoms with Crippen molar-refractivity contribution >= 4 is 21.0 Å². The lowest BCUT2D eigenvalue weighted by molar-refractivity contribution is 0.568. The van der Waals surface area contributed by atoms with E-state index >= 15 is 0 Å². The van der Waals surface area contributed by atoms with E-state index in [4.69, 9.17) is 0 Å². The van der Waals surface area contributed by atoms with E-state index in [0.29, 0.717) is 10.3 Å². The summed E-state index contributed by atoms with van der Waals surface area (Å²) in [4.78, 5) is 0.393. The van der Waals surface area contributed by atoms with Gasteiger partial charge in [0.25, 0.3) is 0 Å². The Kier molecular flexibility index (Phi) is 3.88. The number of benzene rings is 2. The van der Waals surface area contributed by atoms with Gasteiger partial charge >= 0.3 is 0 Å². The van der Waals surface area contributed by atoms with Gasteiger partial charge in [-0.15, -0.1) is 0 Å². The Hall–Kier alpha value is -1.87.